The molecule has 0 aromatic heterocycles. The maximum Gasteiger partial charge on any atom is 0.0684 e. The Balaban J connectivity index is 1.77. The minimum atomic E-state index is -0.263. The van der Waals surface area contributed by atoms with E-state index >= 15 is 0 Å². The van der Waals surface area contributed by atoms with Crippen molar-refractivity contribution in [3.8, 4) is 0 Å². The molecule has 2 atom stereocenters. The van der Waals surface area contributed by atoms with E-state index in [0.717, 1.165) is 12.8 Å². The molecular weight excluding hydrogens is 160 g/mol. The molecular formula is C12H14O. The standard InChI is InChI=1S/C12H14O/c13-12(6-7-12)11-8-10(11)9-4-2-1-3-5-9/h1-5,10-11,13H,6-8H2. The monoisotopic (exact) mass is 174 g/mol. The van der Waals surface area contributed by atoms with Gasteiger partial charge in [0.2, 0.25) is 0 Å². The molecule has 0 aliphatic heterocycles. The third-order valence-electron chi connectivity index (χ3n) is 3.47. The van der Waals surface area contributed by atoms with Gasteiger partial charge < -0.3 is 5.11 Å². The maximum atomic E-state index is 9.90. The second-order valence-corrected chi connectivity index (χ2v) is 4.46. The Morgan fingerprint density at radius 1 is 1.15 bits per heavy atom. The van der Waals surface area contributed by atoms with Crippen LogP contribution in [0.2, 0.25) is 0 Å². The average molecular weight is 174 g/mol. The van der Waals surface area contributed by atoms with Gasteiger partial charge in [0.15, 0.2) is 0 Å². The van der Waals surface area contributed by atoms with Crippen LogP contribution in [0.5, 0.6) is 0 Å². The molecule has 0 bridgehead atoms. The van der Waals surface area contributed by atoms with Crippen LogP contribution in [0.4, 0.5) is 0 Å². The lowest BCUT2D eigenvalue weighted by Gasteiger charge is -2.05. The second kappa shape index (κ2) is 2.36. The van der Waals surface area contributed by atoms with E-state index in [4.69, 9.17) is 0 Å². The number of hydrogen-bond acceptors (Lipinski definition) is 1. The predicted octanol–water partition coefficient (Wildman–Crippen LogP) is 2.32. The number of aliphatic hydroxyl groups is 1. The zero-order valence-electron chi connectivity index (χ0n) is 7.61. The van der Waals surface area contributed by atoms with E-state index in [1.54, 1.807) is 0 Å². The fourth-order valence-electron chi connectivity index (χ4n) is 2.36. The van der Waals surface area contributed by atoms with Crippen LogP contribution in [0.15, 0.2) is 30.3 Å². The van der Waals surface area contributed by atoms with Crippen LogP contribution in [0.25, 0.3) is 0 Å². The second-order valence-electron chi connectivity index (χ2n) is 4.46. The summed E-state index contributed by atoms with van der Waals surface area (Å²) in [6, 6.07) is 10.6. The first kappa shape index (κ1) is 7.57. The third kappa shape index (κ3) is 1.19. The lowest BCUT2D eigenvalue weighted by atomic mass is 10.1. The quantitative estimate of drug-likeness (QED) is 0.729. The molecule has 0 radical (unpaired) electrons. The van der Waals surface area contributed by atoms with Crippen molar-refractivity contribution in [3.05, 3.63) is 35.9 Å². The van der Waals surface area contributed by atoms with E-state index in [1.807, 2.05) is 6.07 Å². The first-order valence-corrected chi connectivity index (χ1v) is 5.07. The molecule has 2 aliphatic carbocycles. The Bertz CT molecular complexity index is 313. The highest BCUT2D eigenvalue weighted by molar-refractivity contribution is 5.29. The van der Waals surface area contributed by atoms with Crippen molar-refractivity contribution in [3.63, 3.8) is 0 Å². The van der Waals surface area contributed by atoms with Crippen molar-refractivity contribution in [1.82, 2.24) is 0 Å². The minimum absolute atomic E-state index is 0.263. The molecule has 1 heteroatoms. The molecule has 68 valence electrons. The SMILES string of the molecule is OC1(C2CC2c2ccccc2)CC1. The third-order valence-corrected chi connectivity index (χ3v) is 3.47. The van der Waals surface area contributed by atoms with Crippen molar-refractivity contribution in [2.45, 2.75) is 30.8 Å². The molecule has 1 aromatic carbocycles. The smallest absolute Gasteiger partial charge is 0.0684 e. The fraction of sp³-hybridized carbons (Fsp3) is 0.500. The Labute approximate surface area is 78.4 Å². The van der Waals surface area contributed by atoms with Crippen LogP contribution in [0.1, 0.15) is 30.7 Å². The van der Waals surface area contributed by atoms with Gasteiger partial charge in [-0.05, 0) is 36.7 Å². The van der Waals surface area contributed by atoms with Crippen molar-refractivity contribution in [2.24, 2.45) is 5.92 Å². The van der Waals surface area contributed by atoms with Crippen molar-refractivity contribution < 1.29 is 5.11 Å². The first-order valence-electron chi connectivity index (χ1n) is 5.07. The van der Waals surface area contributed by atoms with Crippen molar-refractivity contribution in [1.29, 1.82) is 0 Å². The van der Waals surface area contributed by atoms with Gasteiger partial charge >= 0.3 is 0 Å². The highest BCUT2D eigenvalue weighted by Gasteiger charge is 2.58. The molecule has 2 unspecified atom stereocenters. The molecule has 0 amide bonds. The molecule has 1 N–H and O–H groups in total. The highest BCUT2D eigenvalue weighted by atomic mass is 16.3. The number of rotatable bonds is 2. The van der Waals surface area contributed by atoms with Crippen LogP contribution in [0.3, 0.4) is 0 Å². The summed E-state index contributed by atoms with van der Waals surface area (Å²) in [7, 11) is 0. The lowest BCUT2D eigenvalue weighted by Crippen LogP contribution is -2.10. The summed E-state index contributed by atoms with van der Waals surface area (Å²) in [5.41, 5.74) is 1.15. The van der Waals surface area contributed by atoms with Crippen molar-refractivity contribution in [2.75, 3.05) is 0 Å². The van der Waals surface area contributed by atoms with Gasteiger partial charge in [0, 0.05) is 0 Å². The summed E-state index contributed by atoms with van der Waals surface area (Å²) >= 11 is 0. The number of benzene rings is 1. The first-order chi connectivity index (χ1) is 6.30. The van der Waals surface area contributed by atoms with Gasteiger partial charge in [-0.15, -0.1) is 0 Å². The fourth-order valence-corrected chi connectivity index (χ4v) is 2.36. The molecule has 0 heterocycles. The van der Waals surface area contributed by atoms with E-state index in [-0.39, 0.29) is 5.60 Å². The van der Waals surface area contributed by atoms with Crippen LogP contribution in [0, 0.1) is 5.92 Å². The molecule has 3 rings (SSSR count). The summed E-state index contributed by atoms with van der Waals surface area (Å²) in [4.78, 5) is 0. The Morgan fingerprint density at radius 3 is 2.46 bits per heavy atom. The van der Waals surface area contributed by atoms with Gasteiger partial charge in [-0.2, -0.15) is 0 Å². The van der Waals surface area contributed by atoms with E-state index in [0.29, 0.717) is 11.8 Å². The Hall–Kier alpha value is -0.820. The van der Waals surface area contributed by atoms with Crippen molar-refractivity contribution >= 4 is 0 Å². The van der Waals surface area contributed by atoms with Gasteiger partial charge in [-0.1, -0.05) is 30.3 Å². The molecule has 0 saturated heterocycles. The zero-order chi connectivity index (χ0) is 8.89. The Morgan fingerprint density at radius 2 is 1.85 bits per heavy atom. The largest absolute Gasteiger partial charge is 0.390 e. The highest BCUT2D eigenvalue weighted by Crippen LogP contribution is 2.61. The van der Waals surface area contributed by atoms with Crippen LogP contribution in [-0.4, -0.2) is 10.7 Å². The van der Waals surface area contributed by atoms with Crippen LogP contribution < -0.4 is 0 Å². The van der Waals surface area contributed by atoms with Gasteiger partial charge in [-0.3, -0.25) is 0 Å². The summed E-state index contributed by atoms with van der Waals surface area (Å²) in [5, 5.41) is 9.90. The van der Waals surface area contributed by atoms with Gasteiger partial charge in [0.1, 0.15) is 0 Å². The van der Waals surface area contributed by atoms with Gasteiger partial charge in [-0.25, -0.2) is 0 Å². The summed E-state index contributed by atoms with van der Waals surface area (Å²) in [6.45, 7) is 0. The zero-order valence-corrected chi connectivity index (χ0v) is 7.61. The van der Waals surface area contributed by atoms with Crippen LogP contribution in [-0.2, 0) is 0 Å². The normalized spacial score (nSPS) is 34.2. The molecule has 2 fully saturated rings. The van der Waals surface area contributed by atoms with E-state index in [2.05, 4.69) is 24.3 Å². The molecule has 1 aromatic rings. The predicted molar refractivity (Wildman–Crippen MR) is 51.5 cm³/mol. The maximum absolute atomic E-state index is 9.90. The molecule has 13 heavy (non-hydrogen) atoms. The van der Waals surface area contributed by atoms with Gasteiger partial charge in [0.25, 0.3) is 0 Å². The lowest BCUT2D eigenvalue weighted by molar-refractivity contribution is 0.123. The summed E-state index contributed by atoms with van der Waals surface area (Å²) in [6.07, 6.45) is 3.25. The molecule has 2 saturated carbocycles. The van der Waals surface area contributed by atoms with Crippen LogP contribution >= 0.6 is 0 Å². The molecule has 2 aliphatic rings. The van der Waals surface area contributed by atoms with E-state index in [9.17, 15) is 5.11 Å². The van der Waals surface area contributed by atoms with E-state index in [1.165, 1.54) is 12.0 Å². The Kier molecular flexibility index (Phi) is 1.37. The topological polar surface area (TPSA) is 20.2 Å². The minimum Gasteiger partial charge on any atom is -0.390 e. The average Bonchev–Trinajstić information content (AvgIpc) is 3.00. The molecule has 1 nitrogen and oxygen atoms in total. The van der Waals surface area contributed by atoms with Gasteiger partial charge in [0.05, 0.1) is 5.60 Å². The summed E-state index contributed by atoms with van der Waals surface area (Å²) < 4.78 is 0. The van der Waals surface area contributed by atoms with E-state index < -0.39 is 0 Å². The number of hydrogen-bond donors (Lipinski definition) is 1. The summed E-state index contributed by atoms with van der Waals surface area (Å²) in [5.74, 6) is 1.21. The molecule has 0 spiro atoms.